The van der Waals surface area contributed by atoms with Gasteiger partial charge < -0.3 is 0 Å². The summed E-state index contributed by atoms with van der Waals surface area (Å²) >= 11 is 0. The Bertz CT molecular complexity index is 1070. The average molecular weight is 368 g/mol. The van der Waals surface area contributed by atoms with Crippen LogP contribution >= 0.6 is 0 Å². The monoisotopic (exact) mass is 368 g/mol. The molecule has 5 rings (SSSR count). The Kier molecular flexibility index (Phi) is 3.38. The van der Waals surface area contributed by atoms with Crippen LogP contribution in [0.2, 0.25) is 0 Å². The summed E-state index contributed by atoms with van der Waals surface area (Å²) in [4.78, 5) is 9.28. The molecule has 0 aliphatic carbocycles. The fraction of sp³-hybridized carbons (Fsp3) is 0.273. The molecule has 6 heteroatoms. The van der Waals surface area contributed by atoms with E-state index in [2.05, 4.69) is 107 Å². The Morgan fingerprint density at radius 3 is 1.43 bits per heavy atom. The SMILES string of the molecule is CC1(C)C2=N/C(=C3/N=NC(=N3)C(C)(C)c3cccc(c3)-c3cccc1c3)N=N2. The highest BCUT2D eigenvalue weighted by molar-refractivity contribution is 5.96. The third-order valence-electron chi connectivity index (χ3n) is 5.72. The van der Waals surface area contributed by atoms with Crippen molar-refractivity contribution in [2.24, 2.45) is 30.4 Å². The molecule has 0 aromatic heterocycles. The molecular formula is C22H20N6. The Morgan fingerprint density at radius 1 is 0.571 bits per heavy atom. The summed E-state index contributed by atoms with van der Waals surface area (Å²) in [5.41, 5.74) is 3.78. The van der Waals surface area contributed by atoms with Crippen LogP contribution in [0.1, 0.15) is 38.8 Å². The highest BCUT2D eigenvalue weighted by Gasteiger charge is 2.35. The molecule has 28 heavy (non-hydrogen) atoms. The molecule has 0 saturated heterocycles. The van der Waals surface area contributed by atoms with Gasteiger partial charge in [-0.3, -0.25) is 0 Å². The summed E-state index contributed by atoms with van der Waals surface area (Å²) in [6, 6.07) is 17.1. The number of benzene rings is 2. The van der Waals surface area contributed by atoms with Crippen LogP contribution in [0.3, 0.4) is 0 Å². The van der Waals surface area contributed by atoms with Crippen molar-refractivity contribution in [2.75, 3.05) is 0 Å². The van der Waals surface area contributed by atoms with Crippen LogP contribution in [-0.4, -0.2) is 11.7 Å². The van der Waals surface area contributed by atoms with E-state index in [4.69, 9.17) is 0 Å². The first-order valence-corrected chi connectivity index (χ1v) is 9.33. The van der Waals surface area contributed by atoms with Gasteiger partial charge in [0.15, 0.2) is 11.7 Å². The zero-order valence-electron chi connectivity index (χ0n) is 16.3. The minimum atomic E-state index is -0.398. The van der Waals surface area contributed by atoms with Crippen molar-refractivity contribution in [2.45, 2.75) is 38.5 Å². The summed E-state index contributed by atoms with van der Waals surface area (Å²) in [5.74, 6) is 2.13. The first-order chi connectivity index (χ1) is 13.4. The number of amidine groups is 2. The van der Waals surface area contributed by atoms with E-state index in [1.54, 1.807) is 0 Å². The van der Waals surface area contributed by atoms with Gasteiger partial charge in [-0.15, -0.1) is 20.5 Å². The van der Waals surface area contributed by atoms with E-state index >= 15 is 0 Å². The van der Waals surface area contributed by atoms with E-state index < -0.39 is 10.8 Å². The lowest BCUT2D eigenvalue weighted by Crippen LogP contribution is -2.27. The van der Waals surface area contributed by atoms with Gasteiger partial charge in [0.2, 0.25) is 11.6 Å². The van der Waals surface area contributed by atoms with Crippen LogP contribution in [0.4, 0.5) is 0 Å². The van der Waals surface area contributed by atoms with E-state index in [1.807, 2.05) is 0 Å². The molecule has 0 N–H and O–H groups in total. The predicted octanol–water partition coefficient (Wildman–Crippen LogP) is 5.78. The van der Waals surface area contributed by atoms with Crippen LogP contribution < -0.4 is 0 Å². The molecule has 2 aromatic carbocycles. The minimum absolute atomic E-state index is 0.398. The number of aliphatic imine (C=N–C) groups is 2. The van der Waals surface area contributed by atoms with E-state index in [0.29, 0.717) is 23.3 Å². The summed E-state index contributed by atoms with van der Waals surface area (Å²) < 4.78 is 0. The van der Waals surface area contributed by atoms with E-state index in [-0.39, 0.29) is 0 Å². The maximum absolute atomic E-state index is 4.64. The number of nitrogens with zero attached hydrogens (tertiary/aromatic N) is 6. The summed E-state index contributed by atoms with van der Waals surface area (Å²) in [5, 5.41) is 17.2. The molecule has 0 saturated carbocycles. The van der Waals surface area contributed by atoms with Gasteiger partial charge in [-0.2, -0.15) is 0 Å². The van der Waals surface area contributed by atoms with Crippen LogP contribution in [0.25, 0.3) is 11.1 Å². The quantitative estimate of drug-likeness (QED) is 0.565. The standard InChI is InChI=1S/C22H20N6/c1-21(2)15-9-5-7-13(11-15)14-8-6-10-16(12-14)22(3,4)20-24-18(26-28-20)17-23-19(21)27-25-17/h5-12H,1-4H3/b18-17-. The second kappa shape index (κ2) is 5.61. The zero-order valence-corrected chi connectivity index (χ0v) is 16.3. The van der Waals surface area contributed by atoms with Gasteiger partial charge >= 0.3 is 0 Å². The lowest BCUT2D eigenvalue weighted by atomic mass is 9.80. The van der Waals surface area contributed by atoms with Crippen molar-refractivity contribution in [3.8, 4) is 11.1 Å². The smallest absolute Gasteiger partial charge is 0.206 e. The number of hydrogen-bond acceptors (Lipinski definition) is 6. The largest absolute Gasteiger partial charge is 0.223 e. The van der Waals surface area contributed by atoms with E-state index in [1.165, 1.54) is 0 Å². The van der Waals surface area contributed by atoms with Crippen LogP contribution in [-0.2, 0) is 10.8 Å². The Morgan fingerprint density at radius 2 is 1.00 bits per heavy atom. The van der Waals surface area contributed by atoms with Gasteiger partial charge in [-0.1, -0.05) is 48.5 Å². The fourth-order valence-electron chi connectivity index (χ4n) is 3.63. The first-order valence-electron chi connectivity index (χ1n) is 9.33. The number of fused-ring (bicyclic) bond motifs is 7. The van der Waals surface area contributed by atoms with Gasteiger partial charge in [-0.25, -0.2) is 9.98 Å². The maximum atomic E-state index is 4.64. The second-order valence-corrected chi connectivity index (χ2v) is 8.33. The van der Waals surface area contributed by atoms with Gasteiger partial charge in [0.25, 0.3) is 0 Å². The van der Waals surface area contributed by atoms with Gasteiger partial charge in [0, 0.05) is 0 Å². The molecule has 3 aliphatic heterocycles. The van der Waals surface area contributed by atoms with Crippen molar-refractivity contribution in [3.05, 3.63) is 71.3 Å². The molecule has 3 heterocycles. The summed E-state index contributed by atoms with van der Waals surface area (Å²) in [7, 11) is 0. The summed E-state index contributed by atoms with van der Waals surface area (Å²) in [6.07, 6.45) is 0. The predicted molar refractivity (Wildman–Crippen MR) is 110 cm³/mol. The highest BCUT2D eigenvalue weighted by atomic mass is 15.3. The molecule has 0 radical (unpaired) electrons. The van der Waals surface area contributed by atoms with Gasteiger partial charge in [0.05, 0.1) is 10.8 Å². The summed E-state index contributed by atoms with van der Waals surface area (Å²) in [6.45, 7) is 8.42. The second-order valence-electron chi connectivity index (χ2n) is 8.33. The molecule has 0 unspecified atom stereocenters. The number of rotatable bonds is 0. The molecule has 8 bridgehead atoms. The molecule has 138 valence electrons. The van der Waals surface area contributed by atoms with Gasteiger partial charge in [-0.05, 0) is 49.9 Å². The Balaban J connectivity index is 1.82. The van der Waals surface area contributed by atoms with Crippen molar-refractivity contribution in [3.63, 3.8) is 0 Å². The average Bonchev–Trinajstić information content (AvgIpc) is 3.37. The molecule has 0 fully saturated rings. The molecule has 0 atom stereocenters. The third kappa shape index (κ3) is 2.41. The molecule has 0 amide bonds. The Labute approximate surface area is 163 Å². The fourth-order valence-corrected chi connectivity index (χ4v) is 3.63. The number of hydrogen-bond donors (Lipinski definition) is 0. The van der Waals surface area contributed by atoms with Crippen molar-refractivity contribution >= 4 is 11.7 Å². The minimum Gasteiger partial charge on any atom is -0.206 e. The van der Waals surface area contributed by atoms with Crippen LogP contribution in [0.5, 0.6) is 0 Å². The van der Waals surface area contributed by atoms with Gasteiger partial charge in [0.1, 0.15) is 0 Å². The lowest BCUT2D eigenvalue weighted by Gasteiger charge is -2.25. The molecule has 0 spiro atoms. The Hall–Kier alpha value is -3.28. The van der Waals surface area contributed by atoms with Crippen molar-refractivity contribution < 1.29 is 0 Å². The highest BCUT2D eigenvalue weighted by Crippen LogP contribution is 2.37. The topological polar surface area (TPSA) is 74.2 Å². The van der Waals surface area contributed by atoms with Crippen LogP contribution in [0, 0.1) is 0 Å². The first kappa shape index (κ1) is 16.9. The van der Waals surface area contributed by atoms with E-state index in [9.17, 15) is 0 Å². The normalized spacial score (nSPS) is 23.3. The molecular weight excluding hydrogens is 348 g/mol. The third-order valence-corrected chi connectivity index (χ3v) is 5.72. The van der Waals surface area contributed by atoms with Crippen LogP contribution in [0.15, 0.2) is 90.6 Å². The maximum Gasteiger partial charge on any atom is 0.223 e. The lowest BCUT2D eigenvalue weighted by molar-refractivity contribution is 0.709. The molecule has 2 aromatic rings. The molecule has 6 nitrogen and oxygen atoms in total. The molecule has 3 aliphatic rings. The zero-order chi connectivity index (χ0) is 19.5. The van der Waals surface area contributed by atoms with Crippen molar-refractivity contribution in [1.29, 1.82) is 0 Å². The van der Waals surface area contributed by atoms with E-state index in [0.717, 1.165) is 22.3 Å². The van der Waals surface area contributed by atoms with Crippen molar-refractivity contribution in [1.82, 2.24) is 0 Å². The number of azo groups is 2.